The third kappa shape index (κ3) is 2.85. The van der Waals surface area contributed by atoms with Crippen LogP contribution in [-0.2, 0) is 10.0 Å². The van der Waals surface area contributed by atoms with Crippen LogP contribution in [0.15, 0.2) is 27.6 Å². The van der Waals surface area contributed by atoms with E-state index in [2.05, 4.69) is 15.9 Å². The topological polar surface area (TPSA) is 94.9 Å². The molecule has 2 N–H and O–H groups in total. The lowest BCUT2D eigenvalue weighted by molar-refractivity contribution is -0.0932. The summed E-state index contributed by atoms with van der Waals surface area (Å²) in [6.07, 6.45) is 0. The van der Waals surface area contributed by atoms with E-state index in [9.17, 15) is 18.3 Å². The number of aromatic carboxylic acids is 1. The lowest BCUT2D eigenvalue weighted by Crippen LogP contribution is -2.65. The van der Waals surface area contributed by atoms with Gasteiger partial charge in [0, 0.05) is 17.6 Å². The number of sulfonamides is 1. The molecule has 0 atom stereocenters. The molecular formula is C13H16BrNO5S. The summed E-state index contributed by atoms with van der Waals surface area (Å²) in [4.78, 5) is 11.0. The molecular weight excluding hydrogens is 362 g/mol. The number of β-amino-alcohol motifs (C(OH)–C–C–N with tert-alkyl or cyclic N) is 1. The maximum absolute atomic E-state index is 12.4. The maximum atomic E-state index is 12.4. The summed E-state index contributed by atoms with van der Waals surface area (Å²) >= 11 is 3.07. The van der Waals surface area contributed by atoms with Crippen LogP contribution >= 0.6 is 15.9 Å². The molecule has 8 heteroatoms. The number of carboxylic acid groups (broad SMARTS) is 1. The van der Waals surface area contributed by atoms with E-state index in [0.29, 0.717) is 4.47 Å². The molecule has 0 aliphatic carbocycles. The average molecular weight is 378 g/mol. The summed E-state index contributed by atoms with van der Waals surface area (Å²) < 4.78 is 26.3. The number of rotatable bonds is 4. The molecule has 6 nitrogen and oxygen atoms in total. The molecule has 1 fully saturated rings. The van der Waals surface area contributed by atoms with E-state index in [1.165, 1.54) is 12.1 Å². The number of hydrogen-bond donors (Lipinski definition) is 2. The lowest BCUT2D eigenvalue weighted by atomic mass is 9.85. The van der Waals surface area contributed by atoms with Crippen molar-refractivity contribution < 1.29 is 23.4 Å². The van der Waals surface area contributed by atoms with E-state index < -0.39 is 21.6 Å². The van der Waals surface area contributed by atoms with E-state index in [4.69, 9.17) is 5.11 Å². The zero-order valence-corrected chi connectivity index (χ0v) is 14.0. The van der Waals surface area contributed by atoms with E-state index in [-0.39, 0.29) is 29.5 Å². The average Bonchev–Trinajstić information content (AvgIpc) is 2.34. The third-order valence-corrected chi connectivity index (χ3v) is 6.26. The largest absolute Gasteiger partial charge is 0.478 e. The van der Waals surface area contributed by atoms with Gasteiger partial charge in [-0.3, -0.25) is 0 Å². The van der Waals surface area contributed by atoms with Crippen molar-refractivity contribution in [2.45, 2.75) is 24.3 Å². The second-order valence-electron chi connectivity index (χ2n) is 5.48. The Hall–Kier alpha value is -0.960. The Labute approximate surface area is 131 Å². The smallest absolute Gasteiger partial charge is 0.336 e. The van der Waals surface area contributed by atoms with Gasteiger partial charge in [0.15, 0.2) is 0 Å². The Kier molecular flexibility index (Phi) is 4.18. The highest BCUT2D eigenvalue weighted by Crippen LogP contribution is 2.34. The molecule has 1 aromatic rings. The molecule has 0 bridgehead atoms. The van der Waals surface area contributed by atoms with Gasteiger partial charge in [-0.1, -0.05) is 13.8 Å². The van der Waals surface area contributed by atoms with Gasteiger partial charge in [0.25, 0.3) is 0 Å². The quantitative estimate of drug-likeness (QED) is 0.829. The SMILES string of the molecule is CC(C)C1(O)CN(S(=O)(=O)c2ccc(Br)c(C(=O)O)c2)C1. The number of carbonyl (C=O) groups is 1. The molecule has 116 valence electrons. The Balaban J connectivity index is 2.30. The van der Waals surface area contributed by atoms with Crippen LogP contribution in [0.25, 0.3) is 0 Å². The molecule has 1 aliphatic heterocycles. The monoisotopic (exact) mass is 377 g/mol. The molecule has 0 spiro atoms. The standard InChI is InChI=1S/C13H16BrNO5S/c1-8(2)13(18)6-15(7-13)21(19,20)9-3-4-11(14)10(5-9)12(16)17/h3-5,8,18H,6-7H2,1-2H3,(H,16,17). The van der Waals surface area contributed by atoms with Gasteiger partial charge in [-0.25, -0.2) is 13.2 Å². The maximum Gasteiger partial charge on any atom is 0.336 e. The first kappa shape index (κ1) is 16.4. The van der Waals surface area contributed by atoms with Gasteiger partial charge in [-0.05, 0) is 40.0 Å². The zero-order chi connectivity index (χ0) is 16.0. The molecule has 0 radical (unpaired) electrons. The number of nitrogens with zero attached hydrogens (tertiary/aromatic N) is 1. The van der Waals surface area contributed by atoms with Gasteiger partial charge < -0.3 is 10.2 Å². The summed E-state index contributed by atoms with van der Waals surface area (Å²) in [5.41, 5.74) is -1.13. The van der Waals surface area contributed by atoms with Crippen molar-refractivity contribution >= 4 is 31.9 Å². The summed E-state index contributed by atoms with van der Waals surface area (Å²) in [5.74, 6) is -1.26. The van der Waals surface area contributed by atoms with E-state index in [0.717, 1.165) is 10.4 Å². The molecule has 1 aliphatic rings. The highest BCUT2D eigenvalue weighted by Gasteiger charge is 2.49. The minimum atomic E-state index is -3.79. The predicted molar refractivity (Wildman–Crippen MR) is 79.6 cm³/mol. The number of aliphatic hydroxyl groups is 1. The van der Waals surface area contributed by atoms with E-state index in [1.54, 1.807) is 0 Å². The minimum absolute atomic E-state index is 0.0193. The molecule has 1 heterocycles. The van der Waals surface area contributed by atoms with Crippen LogP contribution in [0.4, 0.5) is 0 Å². The predicted octanol–water partition coefficient (Wildman–Crippen LogP) is 1.54. The normalized spacial score (nSPS) is 18.5. The molecule has 0 amide bonds. The molecule has 0 aromatic heterocycles. The Morgan fingerprint density at radius 1 is 1.38 bits per heavy atom. The van der Waals surface area contributed by atoms with Crippen LogP contribution in [0, 0.1) is 5.92 Å². The fraction of sp³-hybridized carbons (Fsp3) is 0.462. The second-order valence-corrected chi connectivity index (χ2v) is 8.27. The van der Waals surface area contributed by atoms with Crippen LogP contribution in [0.3, 0.4) is 0 Å². The fourth-order valence-corrected chi connectivity index (χ4v) is 4.09. The third-order valence-electron chi connectivity index (χ3n) is 3.78. The first-order valence-corrected chi connectivity index (χ1v) is 8.56. The van der Waals surface area contributed by atoms with E-state index >= 15 is 0 Å². The van der Waals surface area contributed by atoms with Crippen molar-refractivity contribution in [2.75, 3.05) is 13.1 Å². The summed E-state index contributed by atoms with van der Waals surface area (Å²) in [6.45, 7) is 3.69. The van der Waals surface area contributed by atoms with Crippen LogP contribution < -0.4 is 0 Å². The molecule has 2 rings (SSSR count). The first-order valence-electron chi connectivity index (χ1n) is 6.33. The second kappa shape index (κ2) is 5.35. The molecule has 1 saturated heterocycles. The van der Waals surface area contributed by atoms with Crippen molar-refractivity contribution in [3.8, 4) is 0 Å². The highest BCUT2D eigenvalue weighted by atomic mass is 79.9. The highest BCUT2D eigenvalue weighted by molar-refractivity contribution is 9.10. The molecule has 21 heavy (non-hydrogen) atoms. The minimum Gasteiger partial charge on any atom is -0.478 e. The number of carboxylic acids is 1. The summed E-state index contributed by atoms with van der Waals surface area (Å²) in [7, 11) is -3.79. The fourth-order valence-electron chi connectivity index (χ4n) is 2.08. The van der Waals surface area contributed by atoms with Gasteiger partial charge in [0.2, 0.25) is 10.0 Å². The Morgan fingerprint density at radius 3 is 2.43 bits per heavy atom. The number of benzene rings is 1. The van der Waals surface area contributed by atoms with Crippen LogP contribution in [-0.4, -0.2) is 47.6 Å². The molecule has 1 aromatic carbocycles. The summed E-state index contributed by atoms with van der Waals surface area (Å²) in [5, 5.41) is 19.2. The van der Waals surface area contributed by atoms with E-state index in [1.807, 2.05) is 13.8 Å². The lowest BCUT2D eigenvalue weighted by Gasteiger charge is -2.47. The van der Waals surface area contributed by atoms with Crippen LogP contribution in [0.1, 0.15) is 24.2 Å². The van der Waals surface area contributed by atoms with Gasteiger partial charge in [0.05, 0.1) is 16.1 Å². The van der Waals surface area contributed by atoms with Gasteiger partial charge in [-0.2, -0.15) is 4.31 Å². The van der Waals surface area contributed by atoms with Crippen molar-refractivity contribution in [2.24, 2.45) is 5.92 Å². The number of hydrogen-bond acceptors (Lipinski definition) is 4. The summed E-state index contributed by atoms with van der Waals surface area (Å²) in [6, 6.07) is 3.86. The van der Waals surface area contributed by atoms with Crippen LogP contribution in [0.5, 0.6) is 0 Å². The van der Waals surface area contributed by atoms with Crippen molar-refractivity contribution in [3.63, 3.8) is 0 Å². The molecule has 0 saturated carbocycles. The first-order chi connectivity index (χ1) is 9.58. The number of halogens is 1. The molecule has 0 unspecified atom stereocenters. The van der Waals surface area contributed by atoms with Crippen molar-refractivity contribution in [3.05, 3.63) is 28.2 Å². The van der Waals surface area contributed by atoms with Crippen molar-refractivity contribution in [1.82, 2.24) is 4.31 Å². The van der Waals surface area contributed by atoms with Gasteiger partial charge in [-0.15, -0.1) is 0 Å². The van der Waals surface area contributed by atoms with Gasteiger partial charge in [0.1, 0.15) is 0 Å². The Bertz CT molecular complexity index is 680. The van der Waals surface area contributed by atoms with Crippen LogP contribution in [0.2, 0.25) is 0 Å². The van der Waals surface area contributed by atoms with Crippen molar-refractivity contribution in [1.29, 1.82) is 0 Å². The van der Waals surface area contributed by atoms with Gasteiger partial charge >= 0.3 is 5.97 Å². The zero-order valence-electron chi connectivity index (χ0n) is 11.6. The Morgan fingerprint density at radius 2 is 1.95 bits per heavy atom.